The fourth-order valence-electron chi connectivity index (χ4n) is 2.63. The Kier molecular flexibility index (Phi) is 5.71. The molecule has 0 aliphatic heterocycles. The topological polar surface area (TPSA) is 96.1 Å². The van der Waals surface area contributed by atoms with Crippen molar-refractivity contribution < 1.29 is 14.3 Å². The van der Waals surface area contributed by atoms with Crippen molar-refractivity contribution in [2.24, 2.45) is 5.92 Å². The Morgan fingerprint density at radius 1 is 1.07 bits per heavy atom. The van der Waals surface area contributed by atoms with Crippen molar-refractivity contribution >= 4 is 29.0 Å². The lowest BCUT2D eigenvalue weighted by Crippen LogP contribution is -2.47. The maximum absolute atomic E-state index is 12.6. The van der Waals surface area contributed by atoms with Crippen LogP contribution in [0.4, 0.5) is 10.7 Å². The SMILES string of the molecule is CC(C)C(NC(=O)OCc1ccccc1)C(=O)Nc1nc2ccccc2[nH]1. The normalized spacial score (nSPS) is 12.0. The lowest BCUT2D eigenvalue weighted by molar-refractivity contribution is -0.119. The van der Waals surface area contributed by atoms with Gasteiger partial charge < -0.3 is 15.0 Å². The minimum atomic E-state index is -0.749. The number of para-hydroxylation sites is 2. The Morgan fingerprint density at radius 3 is 2.48 bits per heavy atom. The first kappa shape index (κ1) is 18.4. The van der Waals surface area contributed by atoms with Crippen LogP contribution in [0.25, 0.3) is 11.0 Å². The summed E-state index contributed by atoms with van der Waals surface area (Å²) in [6, 6.07) is 16.1. The number of amides is 2. The van der Waals surface area contributed by atoms with Gasteiger partial charge in [0.15, 0.2) is 0 Å². The molecule has 0 radical (unpaired) electrons. The van der Waals surface area contributed by atoms with Crippen molar-refractivity contribution in [1.29, 1.82) is 0 Å². The second-order valence-corrected chi connectivity index (χ2v) is 6.52. The van der Waals surface area contributed by atoms with Crippen LogP contribution in [0.5, 0.6) is 0 Å². The van der Waals surface area contributed by atoms with E-state index in [1.54, 1.807) is 0 Å². The van der Waals surface area contributed by atoms with Gasteiger partial charge in [-0.25, -0.2) is 9.78 Å². The number of benzene rings is 2. The van der Waals surface area contributed by atoms with E-state index in [1.807, 2.05) is 68.4 Å². The zero-order chi connectivity index (χ0) is 19.2. The van der Waals surface area contributed by atoms with E-state index in [9.17, 15) is 9.59 Å². The van der Waals surface area contributed by atoms with Crippen molar-refractivity contribution in [1.82, 2.24) is 15.3 Å². The van der Waals surface area contributed by atoms with E-state index in [-0.39, 0.29) is 18.4 Å². The molecular weight excluding hydrogens is 344 g/mol. The van der Waals surface area contributed by atoms with Crippen LogP contribution in [-0.4, -0.2) is 28.0 Å². The van der Waals surface area contributed by atoms with Gasteiger partial charge in [-0.1, -0.05) is 56.3 Å². The summed E-state index contributed by atoms with van der Waals surface area (Å²) < 4.78 is 5.20. The van der Waals surface area contributed by atoms with Gasteiger partial charge in [0.05, 0.1) is 11.0 Å². The number of ether oxygens (including phenoxy) is 1. The smallest absolute Gasteiger partial charge is 0.408 e. The van der Waals surface area contributed by atoms with E-state index in [0.29, 0.717) is 5.95 Å². The molecule has 1 heterocycles. The molecule has 2 amide bonds. The molecule has 1 atom stereocenters. The van der Waals surface area contributed by atoms with Crippen LogP contribution in [0.15, 0.2) is 54.6 Å². The number of carbonyl (C=O) groups is 2. The third kappa shape index (κ3) is 4.84. The summed E-state index contributed by atoms with van der Waals surface area (Å²) in [5, 5.41) is 5.34. The van der Waals surface area contributed by atoms with Crippen LogP contribution in [0, 0.1) is 5.92 Å². The molecule has 1 aromatic heterocycles. The molecule has 0 bridgehead atoms. The number of aromatic amines is 1. The number of alkyl carbamates (subject to hydrolysis) is 1. The number of imidazole rings is 1. The number of carbonyl (C=O) groups excluding carboxylic acids is 2. The van der Waals surface area contributed by atoms with Crippen molar-refractivity contribution in [3.05, 3.63) is 60.2 Å². The van der Waals surface area contributed by atoms with Crippen LogP contribution in [0.1, 0.15) is 19.4 Å². The maximum atomic E-state index is 12.6. The molecule has 0 aliphatic rings. The van der Waals surface area contributed by atoms with E-state index in [0.717, 1.165) is 16.6 Å². The van der Waals surface area contributed by atoms with Crippen molar-refractivity contribution in [3.63, 3.8) is 0 Å². The molecule has 0 fully saturated rings. The summed E-state index contributed by atoms with van der Waals surface area (Å²) in [5.41, 5.74) is 2.45. The van der Waals surface area contributed by atoms with Gasteiger partial charge in [0.25, 0.3) is 0 Å². The number of hydrogen-bond acceptors (Lipinski definition) is 4. The molecule has 0 saturated heterocycles. The highest BCUT2D eigenvalue weighted by atomic mass is 16.5. The summed E-state index contributed by atoms with van der Waals surface area (Å²) in [6.07, 6.45) is -0.641. The van der Waals surface area contributed by atoms with E-state index in [2.05, 4.69) is 20.6 Å². The van der Waals surface area contributed by atoms with Gasteiger partial charge in [-0.15, -0.1) is 0 Å². The zero-order valence-electron chi connectivity index (χ0n) is 15.2. The maximum Gasteiger partial charge on any atom is 0.408 e. The van der Waals surface area contributed by atoms with Gasteiger partial charge in [0, 0.05) is 0 Å². The first-order valence-corrected chi connectivity index (χ1v) is 8.76. The number of rotatable bonds is 6. The average molecular weight is 366 g/mol. The molecule has 0 spiro atoms. The van der Waals surface area contributed by atoms with Crippen LogP contribution in [0.2, 0.25) is 0 Å². The highest BCUT2D eigenvalue weighted by molar-refractivity contribution is 5.96. The van der Waals surface area contributed by atoms with Crippen molar-refractivity contribution in [3.8, 4) is 0 Å². The molecule has 27 heavy (non-hydrogen) atoms. The number of H-pyrrole nitrogens is 1. The van der Waals surface area contributed by atoms with Gasteiger partial charge >= 0.3 is 6.09 Å². The van der Waals surface area contributed by atoms with Gasteiger partial charge in [-0.3, -0.25) is 10.1 Å². The standard InChI is InChI=1S/C20H22N4O3/c1-13(2)17(23-20(26)27-12-14-8-4-3-5-9-14)18(25)24-19-21-15-10-6-7-11-16(15)22-19/h3-11,13,17H,12H2,1-2H3,(H,23,26)(H2,21,22,24,25). The predicted octanol–water partition coefficient (Wildman–Crippen LogP) is 3.45. The quantitative estimate of drug-likeness (QED) is 0.622. The molecule has 7 nitrogen and oxygen atoms in total. The van der Waals surface area contributed by atoms with Gasteiger partial charge in [0.2, 0.25) is 11.9 Å². The lowest BCUT2D eigenvalue weighted by Gasteiger charge is -2.20. The third-order valence-corrected chi connectivity index (χ3v) is 4.07. The van der Waals surface area contributed by atoms with Gasteiger partial charge in [-0.2, -0.15) is 0 Å². The summed E-state index contributed by atoms with van der Waals surface area (Å²) >= 11 is 0. The lowest BCUT2D eigenvalue weighted by atomic mass is 10.0. The van der Waals surface area contributed by atoms with Crippen LogP contribution in [-0.2, 0) is 16.1 Å². The second-order valence-electron chi connectivity index (χ2n) is 6.52. The highest BCUT2D eigenvalue weighted by Crippen LogP contribution is 2.14. The minimum absolute atomic E-state index is 0.126. The zero-order valence-corrected chi connectivity index (χ0v) is 15.2. The first-order valence-electron chi connectivity index (χ1n) is 8.76. The Balaban J connectivity index is 1.60. The molecular formula is C20H22N4O3. The summed E-state index contributed by atoms with van der Waals surface area (Å²) in [6.45, 7) is 3.84. The van der Waals surface area contributed by atoms with Crippen molar-refractivity contribution in [2.45, 2.75) is 26.5 Å². The molecule has 3 N–H and O–H groups in total. The number of fused-ring (bicyclic) bond motifs is 1. The number of hydrogen-bond donors (Lipinski definition) is 3. The predicted molar refractivity (Wildman–Crippen MR) is 103 cm³/mol. The fraction of sp³-hybridized carbons (Fsp3) is 0.250. The molecule has 7 heteroatoms. The van der Waals surface area contributed by atoms with E-state index in [1.165, 1.54) is 0 Å². The van der Waals surface area contributed by atoms with E-state index < -0.39 is 12.1 Å². The summed E-state index contributed by atoms with van der Waals surface area (Å²) in [7, 11) is 0. The molecule has 140 valence electrons. The van der Waals surface area contributed by atoms with Crippen LogP contribution in [0.3, 0.4) is 0 Å². The Labute approximate surface area is 157 Å². The first-order chi connectivity index (χ1) is 13.0. The minimum Gasteiger partial charge on any atom is -0.445 e. The molecule has 1 unspecified atom stereocenters. The largest absolute Gasteiger partial charge is 0.445 e. The van der Waals surface area contributed by atoms with E-state index in [4.69, 9.17) is 4.74 Å². The Bertz CT molecular complexity index is 888. The van der Waals surface area contributed by atoms with E-state index >= 15 is 0 Å². The monoisotopic (exact) mass is 366 g/mol. The number of nitrogens with zero attached hydrogens (tertiary/aromatic N) is 1. The van der Waals surface area contributed by atoms with Gasteiger partial charge in [-0.05, 0) is 23.6 Å². The summed E-state index contributed by atoms with van der Waals surface area (Å²) in [4.78, 5) is 32.0. The van der Waals surface area contributed by atoms with Crippen LogP contribution >= 0.6 is 0 Å². The molecule has 3 aromatic rings. The number of nitrogens with one attached hydrogen (secondary N) is 3. The highest BCUT2D eigenvalue weighted by Gasteiger charge is 2.25. The Hall–Kier alpha value is -3.35. The number of anilines is 1. The van der Waals surface area contributed by atoms with Gasteiger partial charge in [0.1, 0.15) is 12.6 Å². The fourth-order valence-corrected chi connectivity index (χ4v) is 2.63. The molecule has 0 saturated carbocycles. The van der Waals surface area contributed by atoms with Crippen LogP contribution < -0.4 is 10.6 Å². The molecule has 2 aromatic carbocycles. The third-order valence-electron chi connectivity index (χ3n) is 4.07. The van der Waals surface area contributed by atoms with Crippen molar-refractivity contribution in [2.75, 3.05) is 5.32 Å². The Morgan fingerprint density at radius 2 is 1.78 bits per heavy atom. The molecule has 0 aliphatic carbocycles. The second kappa shape index (κ2) is 8.35. The average Bonchev–Trinajstić information content (AvgIpc) is 3.07. The number of aromatic nitrogens is 2. The molecule has 3 rings (SSSR count). The summed E-state index contributed by atoms with van der Waals surface area (Å²) in [5.74, 6) is -0.148.